The van der Waals surface area contributed by atoms with Crippen LogP contribution in [0.1, 0.15) is 19.8 Å². The van der Waals surface area contributed by atoms with Crippen molar-refractivity contribution in [2.45, 2.75) is 25.8 Å². The number of nitrogens with zero attached hydrogens (tertiary/aromatic N) is 2. The highest BCUT2D eigenvalue weighted by atomic mass is 16.2. The van der Waals surface area contributed by atoms with Gasteiger partial charge in [-0.05, 0) is 26.3 Å². The van der Waals surface area contributed by atoms with Gasteiger partial charge in [-0.15, -0.1) is 0 Å². The lowest BCUT2D eigenvalue weighted by Crippen LogP contribution is -2.53. The molecule has 0 bridgehead atoms. The van der Waals surface area contributed by atoms with Crippen LogP contribution >= 0.6 is 0 Å². The highest BCUT2D eigenvalue weighted by Crippen LogP contribution is 2.19. The van der Waals surface area contributed by atoms with Gasteiger partial charge in [-0.2, -0.15) is 0 Å². The summed E-state index contributed by atoms with van der Waals surface area (Å²) in [5.41, 5.74) is 0. The van der Waals surface area contributed by atoms with Gasteiger partial charge in [0.05, 0.1) is 6.54 Å². The summed E-state index contributed by atoms with van der Waals surface area (Å²) in [4.78, 5) is 27.3. The van der Waals surface area contributed by atoms with Crippen LogP contribution in [0, 0.1) is 5.92 Å². The molecule has 5 nitrogen and oxygen atoms in total. The normalized spacial score (nSPS) is 30.6. The van der Waals surface area contributed by atoms with Crippen LogP contribution < -0.4 is 5.32 Å². The molecule has 1 N–H and O–H groups in total. The van der Waals surface area contributed by atoms with Crippen molar-refractivity contribution in [3.8, 4) is 0 Å². The Balaban J connectivity index is 1.93. The molecule has 0 saturated carbocycles. The number of likely N-dealkylation sites (N-methyl/N-ethyl adjacent to an activating group) is 1. The van der Waals surface area contributed by atoms with E-state index in [0.717, 1.165) is 19.4 Å². The van der Waals surface area contributed by atoms with Crippen LogP contribution in [0.15, 0.2) is 0 Å². The molecule has 0 aromatic carbocycles. The third kappa shape index (κ3) is 2.77. The lowest BCUT2D eigenvalue weighted by atomic mass is 9.92. The molecule has 2 rings (SSSR count). The first-order valence-electron chi connectivity index (χ1n) is 6.34. The third-order valence-corrected chi connectivity index (χ3v) is 3.74. The number of carbonyl (C=O) groups excluding carboxylic acids is 2. The van der Waals surface area contributed by atoms with Crippen LogP contribution in [0.25, 0.3) is 0 Å². The molecule has 0 aliphatic carbocycles. The maximum Gasteiger partial charge on any atom is 0.241 e. The summed E-state index contributed by atoms with van der Waals surface area (Å²) >= 11 is 0. The maximum atomic E-state index is 12.3. The second-order valence-electron chi connectivity index (χ2n) is 5.15. The summed E-state index contributed by atoms with van der Waals surface area (Å²) in [7, 11) is 1.79. The van der Waals surface area contributed by atoms with E-state index in [1.807, 2.05) is 0 Å². The van der Waals surface area contributed by atoms with Gasteiger partial charge >= 0.3 is 0 Å². The van der Waals surface area contributed by atoms with Crippen molar-refractivity contribution in [3.63, 3.8) is 0 Å². The highest BCUT2D eigenvalue weighted by Gasteiger charge is 2.31. The summed E-state index contributed by atoms with van der Waals surface area (Å²) < 4.78 is 0. The SMILES string of the molecule is CC1CC(C(=O)N2CCN(C)C(=O)C2)CCN1. The molecule has 0 aromatic rings. The van der Waals surface area contributed by atoms with Gasteiger partial charge < -0.3 is 15.1 Å². The van der Waals surface area contributed by atoms with Gasteiger partial charge in [0.15, 0.2) is 0 Å². The lowest BCUT2D eigenvalue weighted by Gasteiger charge is -2.36. The monoisotopic (exact) mass is 239 g/mol. The first kappa shape index (κ1) is 12.4. The summed E-state index contributed by atoms with van der Waals surface area (Å²) in [6.07, 6.45) is 1.78. The summed E-state index contributed by atoms with van der Waals surface area (Å²) in [5, 5.41) is 3.34. The van der Waals surface area contributed by atoms with Crippen molar-refractivity contribution >= 4 is 11.8 Å². The molecule has 2 heterocycles. The van der Waals surface area contributed by atoms with E-state index in [0.29, 0.717) is 19.1 Å². The average molecular weight is 239 g/mol. The second-order valence-corrected chi connectivity index (χ2v) is 5.15. The van der Waals surface area contributed by atoms with E-state index >= 15 is 0 Å². The predicted octanol–water partition coefficient (Wildman–Crippen LogP) is -0.325. The van der Waals surface area contributed by atoms with E-state index in [2.05, 4.69) is 12.2 Å². The number of rotatable bonds is 1. The molecule has 96 valence electrons. The predicted molar refractivity (Wildman–Crippen MR) is 64.4 cm³/mol. The molecule has 17 heavy (non-hydrogen) atoms. The maximum absolute atomic E-state index is 12.3. The van der Waals surface area contributed by atoms with Crippen molar-refractivity contribution in [3.05, 3.63) is 0 Å². The molecule has 0 radical (unpaired) electrons. The van der Waals surface area contributed by atoms with Crippen molar-refractivity contribution in [2.75, 3.05) is 33.2 Å². The topological polar surface area (TPSA) is 52.7 Å². The molecule has 2 amide bonds. The fourth-order valence-electron chi connectivity index (χ4n) is 2.56. The van der Waals surface area contributed by atoms with Gasteiger partial charge in [-0.25, -0.2) is 0 Å². The first-order valence-corrected chi connectivity index (χ1v) is 6.34. The summed E-state index contributed by atoms with van der Waals surface area (Å²) in [6.45, 7) is 4.60. The van der Waals surface area contributed by atoms with Crippen molar-refractivity contribution in [1.29, 1.82) is 0 Å². The van der Waals surface area contributed by atoms with Crippen LogP contribution in [0.4, 0.5) is 0 Å². The van der Waals surface area contributed by atoms with Crippen LogP contribution in [-0.2, 0) is 9.59 Å². The number of carbonyl (C=O) groups is 2. The van der Waals surface area contributed by atoms with Gasteiger partial charge in [-0.3, -0.25) is 9.59 Å². The van der Waals surface area contributed by atoms with Gasteiger partial charge in [0.1, 0.15) is 0 Å². The molecule has 2 unspecified atom stereocenters. The van der Waals surface area contributed by atoms with E-state index in [1.165, 1.54) is 0 Å². The number of amides is 2. The molecular weight excluding hydrogens is 218 g/mol. The standard InChI is InChI=1S/C12H21N3O2/c1-9-7-10(3-4-13-9)12(17)15-6-5-14(2)11(16)8-15/h9-10,13H,3-8H2,1-2H3. The number of piperazine rings is 1. The Bertz CT molecular complexity index is 319. The minimum absolute atomic E-state index is 0.0478. The zero-order chi connectivity index (χ0) is 12.4. The molecule has 2 saturated heterocycles. The number of piperidine rings is 1. The van der Waals surface area contributed by atoms with Crippen LogP contribution in [0.3, 0.4) is 0 Å². The van der Waals surface area contributed by atoms with Crippen molar-refractivity contribution < 1.29 is 9.59 Å². The zero-order valence-electron chi connectivity index (χ0n) is 10.6. The van der Waals surface area contributed by atoms with Crippen molar-refractivity contribution in [1.82, 2.24) is 15.1 Å². The van der Waals surface area contributed by atoms with Crippen molar-refractivity contribution in [2.24, 2.45) is 5.92 Å². The molecule has 5 heteroatoms. The van der Waals surface area contributed by atoms with Gasteiger partial charge in [0, 0.05) is 32.1 Å². The first-order chi connectivity index (χ1) is 8.08. The van der Waals surface area contributed by atoms with Crippen LogP contribution in [0.5, 0.6) is 0 Å². The molecule has 2 atom stereocenters. The van der Waals surface area contributed by atoms with E-state index in [4.69, 9.17) is 0 Å². The minimum atomic E-state index is 0.0478. The van der Waals surface area contributed by atoms with Gasteiger partial charge in [-0.1, -0.05) is 0 Å². The van der Waals surface area contributed by atoms with E-state index in [1.54, 1.807) is 16.8 Å². The summed E-state index contributed by atoms with van der Waals surface area (Å²) in [5.74, 6) is 0.314. The number of nitrogens with one attached hydrogen (secondary N) is 1. The molecule has 0 spiro atoms. The zero-order valence-corrected chi connectivity index (χ0v) is 10.6. The molecular formula is C12H21N3O2. The van der Waals surface area contributed by atoms with Crippen LogP contribution in [0.2, 0.25) is 0 Å². The Morgan fingerprint density at radius 3 is 2.82 bits per heavy atom. The molecule has 2 aliphatic rings. The minimum Gasteiger partial charge on any atom is -0.342 e. The van der Waals surface area contributed by atoms with E-state index in [-0.39, 0.29) is 24.3 Å². The molecule has 0 aromatic heterocycles. The Kier molecular flexibility index (Phi) is 3.66. The third-order valence-electron chi connectivity index (χ3n) is 3.74. The smallest absolute Gasteiger partial charge is 0.241 e. The largest absolute Gasteiger partial charge is 0.342 e. The van der Waals surface area contributed by atoms with Crippen LogP contribution in [-0.4, -0.2) is 60.9 Å². The summed E-state index contributed by atoms with van der Waals surface area (Å²) in [6, 6.07) is 0.404. The number of hydrogen-bond acceptors (Lipinski definition) is 3. The van der Waals surface area contributed by atoms with Gasteiger partial charge in [0.25, 0.3) is 0 Å². The lowest BCUT2D eigenvalue weighted by molar-refractivity contribution is -0.147. The van der Waals surface area contributed by atoms with Gasteiger partial charge in [0.2, 0.25) is 11.8 Å². The fraction of sp³-hybridized carbons (Fsp3) is 0.833. The van der Waals surface area contributed by atoms with E-state index < -0.39 is 0 Å². The number of hydrogen-bond donors (Lipinski definition) is 1. The Hall–Kier alpha value is -1.10. The molecule has 2 aliphatic heterocycles. The average Bonchev–Trinajstić information content (AvgIpc) is 2.32. The Morgan fingerprint density at radius 2 is 2.18 bits per heavy atom. The Labute approximate surface area is 102 Å². The highest BCUT2D eigenvalue weighted by molar-refractivity contribution is 5.87. The second kappa shape index (κ2) is 5.04. The quantitative estimate of drug-likeness (QED) is 0.682. The molecule has 2 fully saturated rings. The van der Waals surface area contributed by atoms with E-state index in [9.17, 15) is 9.59 Å². The fourth-order valence-corrected chi connectivity index (χ4v) is 2.56. The Morgan fingerprint density at radius 1 is 1.41 bits per heavy atom.